The Kier molecular flexibility index (Phi) is 6.67. The second kappa shape index (κ2) is 8.35. The molecule has 0 aromatic carbocycles. The zero-order chi connectivity index (χ0) is 18.6. The number of allylic oxidation sites excluding steroid dienone is 4. The van der Waals surface area contributed by atoms with Crippen LogP contribution in [0, 0.1) is 17.3 Å². The SMILES string of the molecule is C=C(C)C1CCC2(C)CC(O)C(COC(C)=O)=CCCC(C)=CCC12. The summed E-state index contributed by atoms with van der Waals surface area (Å²) in [7, 11) is 0. The summed E-state index contributed by atoms with van der Waals surface area (Å²) in [4.78, 5) is 11.2. The molecule has 0 aliphatic heterocycles. The van der Waals surface area contributed by atoms with Crippen LogP contribution in [0.3, 0.4) is 0 Å². The predicted molar refractivity (Wildman–Crippen MR) is 102 cm³/mol. The average molecular weight is 347 g/mol. The van der Waals surface area contributed by atoms with Gasteiger partial charge >= 0.3 is 5.97 Å². The summed E-state index contributed by atoms with van der Waals surface area (Å²) in [6.07, 6.45) is 9.82. The number of aliphatic hydroxyl groups excluding tert-OH is 1. The van der Waals surface area contributed by atoms with Gasteiger partial charge in [-0.25, -0.2) is 0 Å². The van der Waals surface area contributed by atoms with Crippen LogP contribution in [-0.4, -0.2) is 23.8 Å². The van der Waals surface area contributed by atoms with Gasteiger partial charge in [-0.1, -0.05) is 36.8 Å². The van der Waals surface area contributed by atoms with Gasteiger partial charge in [-0.15, -0.1) is 0 Å². The Hall–Kier alpha value is -1.35. The van der Waals surface area contributed by atoms with Crippen molar-refractivity contribution >= 4 is 5.97 Å². The van der Waals surface area contributed by atoms with Crippen molar-refractivity contribution in [3.8, 4) is 0 Å². The van der Waals surface area contributed by atoms with E-state index in [1.165, 1.54) is 18.1 Å². The normalized spacial score (nSPS) is 33.6. The van der Waals surface area contributed by atoms with Gasteiger partial charge in [0.05, 0.1) is 6.10 Å². The van der Waals surface area contributed by atoms with Crippen molar-refractivity contribution in [3.63, 3.8) is 0 Å². The van der Waals surface area contributed by atoms with E-state index in [1.54, 1.807) is 0 Å². The number of aliphatic hydroxyl groups is 1. The summed E-state index contributed by atoms with van der Waals surface area (Å²) in [6, 6.07) is 0. The molecule has 0 amide bonds. The Morgan fingerprint density at radius 1 is 1.40 bits per heavy atom. The monoisotopic (exact) mass is 346 g/mol. The van der Waals surface area contributed by atoms with Crippen LogP contribution in [-0.2, 0) is 9.53 Å². The molecule has 0 heterocycles. The van der Waals surface area contributed by atoms with Crippen LogP contribution < -0.4 is 0 Å². The Balaban J connectivity index is 2.28. The van der Waals surface area contributed by atoms with Crippen LogP contribution in [0.5, 0.6) is 0 Å². The molecule has 0 aromatic heterocycles. The van der Waals surface area contributed by atoms with Crippen molar-refractivity contribution in [1.82, 2.24) is 0 Å². The molecule has 2 aliphatic rings. The van der Waals surface area contributed by atoms with Crippen LogP contribution in [0.15, 0.2) is 35.5 Å². The van der Waals surface area contributed by atoms with E-state index in [-0.39, 0.29) is 18.0 Å². The highest BCUT2D eigenvalue weighted by atomic mass is 16.5. The van der Waals surface area contributed by atoms with Crippen molar-refractivity contribution < 1.29 is 14.6 Å². The van der Waals surface area contributed by atoms with Crippen LogP contribution in [0.4, 0.5) is 0 Å². The quantitative estimate of drug-likeness (QED) is 0.580. The molecular weight excluding hydrogens is 312 g/mol. The van der Waals surface area contributed by atoms with Gasteiger partial charge in [0.1, 0.15) is 6.61 Å². The molecule has 0 bridgehead atoms. The lowest BCUT2D eigenvalue weighted by molar-refractivity contribution is -0.140. The Bertz CT molecular complexity index is 572. The third-order valence-electron chi connectivity index (χ3n) is 6.24. The van der Waals surface area contributed by atoms with Crippen molar-refractivity contribution in [3.05, 3.63) is 35.5 Å². The number of esters is 1. The van der Waals surface area contributed by atoms with Gasteiger partial charge in [-0.2, -0.15) is 0 Å². The van der Waals surface area contributed by atoms with Crippen molar-refractivity contribution in [2.75, 3.05) is 6.61 Å². The maximum atomic E-state index is 11.2. The van der Waals surface area contributed by atoms with Crippen molar-refractivity contribution in [2.24, 2.45) is 17.3 Å². The number of hydrogen-bond acceptors (Lipinski definition) is 3. The Morgan fingerprint density at radius 2 is 2.12 bits per heavy atom. The summed E-state index contributed by atoms with van der Waals surface area (Å²) in [5.74, 6) is 0.747. The lowest BCUT2D eigenvalue weighted by Gasteiger charge is -2.36. The number of carbonyl (C=O) groups excluding carboxylic acids is 1. The molecule has 4 unspecified atom stereocenters. The second-order valence-corrected chi connectivity index (χ2v) is 8.36. The van der Waals surface area contributed by atoms with E-state index in [4.69, 9.17) is 4.74 Å². The fraction of sp³-hybridized carbons (Fsp3) is 0.682. The van der Waals surface area contributed by atoms with E-state index in [2.05, 4.69) is 39.5 Å². The first-order valence-corrected chi connectivity index (χ1v) is 9.54. The van der Waals surface area contributed by atoms with Gasteiger partial charge in [0.2, 0.25) is 0 Å². The molecule has 0 radical (unpaired) electrons. The van der Waals surface area contributed by atoms with E-state index in [1.807, 2.05) is 0 Å². The van der Waals surface area contributed by atoms with Crippen LogP contribution in [0.2, 0.25) is 0 Å². The minimum absolute atomic E-state index is 0.0828. The zero-order valence-electron chi connectivity index (χ0n) is 16.3. The van der Waals surface area contributed by atoms with Crippen LogP contribution >= 0.6 is 0 Å². The molecule has 1 N–H and O–H groups in total. The smallest absolute Gasteiger partial charge is 0.302 e. The van der Waals surface area contributed by atoms with Gasteiger partial charge in [0.15, 0.2) is 0 Å². The third kappa shape index (κ3) is 5.07. The first-order valence-electron chi connectivity index (χ1n) is 9.54. The summed E-state index contributed by atoms with van der Waals surface area (Å²) < 4.78 is 5.19. The first kappa shape index (κ1) is 20.0. The number of fused-ring (bicyclic) bond motifs is 1. The fourth-order valence-electron chi connectivity index (χ4n) is 4.61. The standard InChI is InChI=1S/C22H34O3/c1-15(2)19-11-12-22(5)13-21(24)18(14-25-17(4)23)8-6-7-16(3)9-10-20(19)22/h8-9,19-21,24H,1,6-7,10-14H2,2-5H3. The molecule has 2 rings (SSSR count). The maximum absolute atomic E-state index is 11.2. The van der Waals surface area contributed by atoms with E-state index >= 15 is 0 Å². The highest BCUT2D eigenvalue weighted by molar-refractivity contribution is 5.66. The fourth-order valence-corrected chi connectivity index (χ4v) is 4.61. The van der Waals surface area contributed by atoms with E-state index in [0.29, 0.717) is 11.8 Å². The predicted octanol–water partition coefficient (Wildman–Crippen LogP) is 4.97. The van der Waals surface area contributed by atoms with E-state index < -0.39 is 6.10 Å². The minimum Gasteiger partial charge on any atom is -0.461 e. The molecule has 2 aliphatic carbocycles. The molecule has 4 atom stereocenters. The lowest BCUT2D eigenvalue weighted by atomic mass is 9.70. The molecule has 0 aromatic rings. The Morgan fingerprint density at radius 3 is 2.76 bits per heavy atom. The van der Waals surface area contributed by atoms with Crippen LogP contribution in [0.25, 0.3) is 0 Å². The molecule has 0 spiro atoms. The maximum Gasteiger partial charge on any atom is 0.302 e. The van der Waals surface area contributed by atoms with Gasteiger partial charge < -0.3 is 9.84 Å². The lowest BCUT2D eigenvalue weighted by Crippen LogP contribution is -2.31. The number of carbonyl (C=O) groups is 1. The second-order valence-electron chi connectivity index (χ2n) is 8.36. The molecule has 1 saturated carbocycles. The highest BCUT2D eigenvalue weighted by Crippen LogP contribution is 2.54. The van der Waals surface area contributed by atoms with Crippen LogP contribution in [0.1, 0.15) is 66.2 Å². The van der Waals surface area contributed by atoms with Gasteiger partial charge in [0, 0.05) is 6.92 Å². The summed E-state index contributed by atoms with van der Waals surface area (Å²) in [6.45, 7) is 12.5. The largest absolute Gasteiger partial charge is 0.461 e. The van der Waals surface area contributed by atoms with Gasteiger partial charge in [0.25, 0.3) is 0 Å². The zero-order valence-corrected chi connectivity index (χ0v) is 16.3. The third-order valence-corrected chi connectivity index (χ3v) is 6.24. The molecule has 3 nitrogen and oxygen atoms in total. The topological polar surface area (TPSA) is 46.5 Å². The van der Waals surface area contributed by atoms with Crippen molar-refractivity contribution in [2.45, 2.75) is 72.3 Å². The van der Waals surface area contributed by atoms with Crippen molar-refractivity contribution in [1.29, 1.82) is 0 Å². The number of hydrogen-bond donors (Lipinski definition) is 1. The molecule has 140 valence electrons. The summed E-state index contributed by atoms with van der Waals surface area (Å²) in [5.41, 5.74) is 3.59. The molecule has 1 fully saturated rings. The number of rotatable bonds is 3. The van der Waals surface area contributed by atoms with E-state index in [0.717, 1.165) is 44.1 Å². The van der Waals surface area contributed by atoms with Gasteiger partial charge in [-0.05, 0) is 75.2 Å². The summed E-state index contributed by atoms with van der Waals surface area (Å²) in [5, 5.41) is 10.9. The van der Waals surface area contributed by atoms with Gasteiger partial charge in [-0.3, -0.25) is 4.79 Å². The highest BCUT2D eigenvalue weighted by Gasteiger charge is 2.45. The molecular formula is C22H34O3. The summed E-state index contributed by atoms with van der Waals surface area (Å²) >= 11 is 0. The first-order chi connectivity index (χ1) is 11.7. The average Bonchev–Trinajstić information content (AvgIpc) is 2.83. The molecule has 25 heavy (non-hydrogen) atoms. The number of ether oxygens (including phenoxy) is 1. The molecule has 0 saturated heterocycles. The van der Waals surface area contributed by atoms with E-state index in [9.17, 15) is 9.90 Å². The Labute approximate surface area is 152 Å². The minimum atomic E-state index is -0.547. The molecule has 3 heteroatoms.